The smallest absolute Gasteiger partial charge is 0.266 e. The number of unbranched alkanes of at least 4 members (excludes halogenated alkanes) is 1. The third-order valence-electron chi connectivity index (χ3n) is 3.90. The summed E-state index contributed by atoms with van der Waals surface area (Å²) in [6.07, 6.45) is 7.29. The first-order valence-electron chi connectivity index (χ1n) is 8.55. The van der Waals surface area contributed by atoms with Gasteiger partial charge in [0.25, 0.3) is 5.91 Å². The number of hydrogen-bond acceptors (Lipinski definition) is 5. The van der Waals surface area contributed by atoms with Gasteiger partial charge in [-0.15, -0.1) is 0 Å². The zero-order valence-electron chi connectivity index (χ0n) is 14.9. The monoisotopic (exact) mass is 367 g/mol. The first-order valence-corrected chi connectivity index (χ1v) is 9.37. The van der Waals surface area contributed by atoms with Gasteiger partial charge in [-0.3, -0.25) is 14.7 Å². The van der Waals surface area contributed by atoms with Crippen LogP contribution in [0.2, 0.25) is 0 Å². The largest absolute Gasteiger partial charge is 0.497 e. The van der Waals surface area contributed by atoms with Gasteiger partial charge >= 0.3 is 0 Å². The Bertz CT molecular complexity index is 817. The van der Waals surface area contributed by atoms with Crippen LogP contribution in [0, 0.1) is 0 Å². The maximum atomic E-state index is 12.8. The van der Waals surface area contributed by atoms with E-state index in [1.807, 2.05) is 42.5 Å². The number of carbonyl (C=O) groups excluding carboxylic acids is 1. The highest BCUT2D eigenvalue weighted by molar-refractivity contribution is 8.18. The van der Waals surface area contributed by atoms with Gasteiger partial charge in [-0.05, 0) is 60.2 Å². The maximum Gasteiger partial charge on any atom is 0.266 e. The fourth-order valence-corrected chi connectivity index (χ4v) is 3.51. The highest BCUT2D eigenvalue weighted by Crippen LogP contribution is 2.34. The third kappa shape index (κ3) is 4.32. The number of rotatable bonds is 6. The molecule has 1 aliphatic heterocycles. The minimum Gasteiger partial charge on any atom is -0.497 e. The Kier molecular flexibility index (Phi) is 6.07. The molecule has 6 heteroatoms. The molecule has 1 aliphatic rings. The van der Waals surface area contributed by atoms with Crippen molar-refractivity contribution in [3.8, 4) is 5.75 Å². The van der Waals surface area contributed by atoms with Crippen LogP contribution in [0.3, 0.4) is 0 Å². The van der Waals surface area contributed by atoms with E-state index in [1.165, 1.54) is 11.8 Å². The number of methoxy groups -OCH3 is 1. The van der Waals surface area contributed by atoms with Crippen molar-refractivity contribution in [1.82, 2.24) is 9.88 Å². The highest BCUT2D eigenvalue weighted by atomic mass is 32.2. The van der Waals surface area contributed by atoms with Gasteiger partial charge in [0.1, 0.15) is 5.75 Å². The Balaban J connectivity index is 1.89. The molecule has 134 valence electrons. The summed E-state index contributed by atoms with van der Waals surface area (Å²) < 4.78 is 5.18. The molecule has 0 radical (unpaired) electrons. The second kappa shape index (κ2) is 8.67. The molecule has 0 atom stereocenters. The standard InChI is InChI=1S/C20H21N3O2S/c1-3-4-12-23-19(24)18(13-15-6-5-11-21-14-15)26-20(23)22-16-7-9-17(25-2)10-8-16/h5-11,13-14H,3-4,12H2,1-2H3. The molecule has 0 aliphatic carbocycles. The summed E-state index contributed by atoms with van der Waals surface area (Å²) >= 11 is 1.41. The predicted molar refractivity (Wildman–Crippen MR) is 107 cm³/mol. The summed E-state index contributed by atoms with van der Waals surface area (Å²) in [7, 11) is 1.63. The van der Waals surface area contributed by atoms with Crippen molar-refractivity contribution in [2.45, 2.75) is 19.8 Å². The number of aliphatic imine (C=N–C) groups is 1. The molecule has 1 aromatic carbocycles. The van der Waals surface area contributed by atoms with Crippen molar-refractivity contribution in [3.05, 3.63) is 59.3 Å². The number of amides is 1. The van der Waals surface area contributed by atoms with Crippen LogP contribution in [0.15, 0.2) is 58.7 Å². The molecule has 3 rings (SSSR count). The number of ether oxygens (including phenoxy) is 1. The van der Waals surface area contributed by atoms with Crippen LogP contribution in [0.4, 0.5) is 5.69 Å². The average Bonchev–Trinajstić information content (AvgIpc) is 2.96. The van der Waals surface area contributed by atoms with E-state index in [2.05, 4.69) is 16.9 Å². The molecule has 1 saturated heterocycles. The van der Waals surface area contributed by atoms with Crippen LogP contribution in [0.25, 0.3) is 6.08 Å². The molecule has 5 nitrogen and oxygen atoms in total. The molecular formula is C20H21N3O2S. The molecule has 1 aromatic heterocycles. The van der Waals surface area contributed by atoms with E-state index in [4.69, 9.17) is 4.74 Å². The lowest BCUT2D eigenvalue weighted by Crippen LogP contribution is -2.30. The molecule has 2 heterocycles. The summed E-state index contributed by atoms with van der Waals surface area (Å²) in [5.41, 5.74) is 1.70. The van der Waals surface area contributed by atoms with Gasteiger partial charge in [0.05, 0.1) is 17.7 Å². The minimum atomic E-state index is -0.000403. The number of pyridine rings is 1. The number of benzene rings is 1. The van der Waals surface area contributed by atoms with Crippen molar-refractivity contribution >= 4 is 34.6 Å². The van der Waals surface area contributed by atoms with Crippen molar-refractivity contribution in [2.24, 2.45) is 4.99 Å². The topological polar surface area (TPSA) is 54.8 Å². The molecular weight excluding hydrogens is 346 g/mol. The van der Waals surface area contributed by atoms with Crippen LogP contribution in [0.5, 0.6) is 5.75 Å². The number of aromatic nitrogens is 1. The predicted octanol–water partition coefficient (Wildman–Crippen LogP) is 4.49. The van der Waals surface area contributed by atoms with Crippen molar-refractivity contribution < 1.29 is 9.53 Å². The van der Waals surface area contributed by atoms with Gasteiger partial charge in [-0.1, -0.05) is 19.4 Å². The molecule has 1 fully saturated rings. The van der Waals surface area contributed by atoms with Crippen LogP contribution in [-0.2, 0) is 4.79 Å². The van der Waals surface area contributed by atoms with Crippen molar-refractivity contribution in [2.75, 3.05) is 13.7 Å². The van der Waals surface area contributed by atoms with E-state index in [9.17, 15) is 4.79 Å². The molecule has 26 heavy (non-hydrogen) atoms. The summed E-state index contributed by atoms with van der Waals surface area (Å²) in [5, 5.41) is 0.712. The fourth-order valence-electron chi connectivity index (χ4n) is 2.48. The quantitative estimate of drug-likeness (QED) is 0.706. The van der Waals surface area contributed by atoms with Gasteiger partial charge in [0.15, 0.2) is 5.17 Å². The number of nitrogens with zero attached hydrogens (tertiary/aromatic N) is 3. The van der Waals surface area contributed by atoms with E-state index in [1.54, 1.807) is 24.4 Å². The normalized spacial score (nSPS) is 17.3. The van der Waals surface area contributed by atoms with Crippen LogP contribution >= 0.6 is 11.8 Å². The molecule has 0 N–H and O–H groups in total. The Morgan fingerprint density at radius 2 is 2.08 bits per heavy atom. The lowest BCUT2D eigenvalue weighted by Gasteiger charge is -2.14. The van der Waals surface area contributed by atoms with Crippen molar-refractivity contribution in [3.63, 3.8) is 0 Å². The van der Waals surface area contributed by atoms with Crippen LogP contribution < -0.4 is 4.74 Å². The first-order chi connectivity index (χ1) is 12.7. The zero-order chi connectivity index (χ0) is 18.4. The molecule has 0 spiro atoms. The Morgan fingerprint density at radius 3 is 2.73 bits per heavy atom. The van der Waals surface area contributed by atoms with E-state index in [0.717, 1.165) is 29.8 Å². The first kappa shape index (κ1) is 18.2. The maximum absolute atomic E-state index is 12.8. The Morgan fingerprint density at radius 1 is 1.27 bits per heavy atom. The van der Waals surface area contributed by atoms with Gasteiger partial charge in [-0.2, -0.15) is 0 Å². The summed E-state index contributed by atoms with van der Waals surface area (Å²) in [4.78, 5) is 24.1. The summed E-state index contributed by atoms with van der Waals surface area (Å²) in [6, 6.07) is 11.3. The highest BCUT2D eigenvalue weighted by Gasteiger charge is 2.32. The lowest BCUT2D eigenvalue weighted by molar-refractivity contribution is -0.122. The van der Waals surface area contributed by atoms with Gasteiger partial charge in [0.2, 0.25) is 0 Å². The second-order valence-corrected chi connectivity index (χ2v) is 6.81. The summed E-state index contributed by atoms with van der Waals surface area (Å²) in [6.45, 7) is 2.78. The van der Waals surface area contributed by atoms with Crippen LogP contribution in [0.1, 0.15) is 25.3 Å². The second-order valence-electron chi connectivity index (χ2n) is 5.80. The molecule has 1 amide bonds. The summed E-state index contributed by atoms with van der Waals surface area (Å²) in [5.74, 6) is 0.781. The SMILES string of the molecule is CCCCN1C(=O)C(=Cc2cccnc2)SC1=Nc1ccc(OC)cc1. The Hall–Kier alpha value is -2.60. The van der Waals surface area contributed by atoms with E-state index in [0.29, 0.717) is 16.6 Å². The number of amidine groups is 1. The van der Waals surface area contributed by atoms with E-state index < -0.39 is 0 Å². The van der Waals surface area contributed by atoms with Gasteiger partial charge in [0, 0.05) is 18.9 Å². The van der Waals surface area contributed by atoms with E-state index in [-0.39, 0.29) is 5.91 Å². The molecule has 0 bridgehead atoms. The molecule has 2 aromatic rings. The number of carbonyl (C=O) groups is 1. The van der Waals surface area contributed by atoms with Gasteiger partial charge < -0.3 is 4.74 Å². The number of thioether (sulfide) groups is 1. The Labute approximate surface area is 157 Å². The minimum absolute atomic E-state index is 0.000403. The molecule has 0 saturated carbocycles. The number of hydrogen-bond donors (Lipinski definition) is 0. The average molecular weight is 367 g/mol. The van der Waals surface area contributed by atoms with Crippen molar-refractivity contribution in [1.29, 1.82) is 0 Å². The third-order valence-corrected chi connectivity index (χ3v) is 4.91. The fraction of sp³-hybridized carbons (Fsp3) is 0.250. The van der Waals surface area contributed by atoms with Gasteiger partial charge in [-0.25, -0.2) is 4.99 Å². The zero-order valence-corrected chi connectivity index (χ0v) is 15.7. The van der Waals surface area contributed by atoms with Crippen LogP contribution in [-0.4, -0.2) is 34.6 Å². The van der Waals surface area contributed by atoms with E-state index >= 15 is 0 Å². The molecule has 0 unspecified atom stereocenters. The lowest BCUT2D eigenvalue weighted by atomic mass is 10.2.